The molecule has 0 bridgehead atoms. The van der Waals surface area contributed by atoms with Gasteiger partial charge in [0.15, 0.2) is 5.78 Å². The van der Waals surface area contributed by atoms with Crippen LogP contribution in [0.15, 0.2) is 18.2 Å². The van der Waals surface area contributed by atoms with Gasteiger partial charge in [-0.3, -0.25) is 4.79 Å². The highest BCUT2D eigenvalue weighted by Gasteiger charge is 2.13. The van der Waals surface area contributed by atoms with Crippen LogP contribution >= 0.6 is 23.2 Å². The van der Waals surface area contributed by atoms with Crippen molar-refractivity contribution >= 4 is 34.7 Å². The number of rotatable bonds is 3. The van der Waals surface area contributed by atoms with E-state index in [1.54, 1.807) is 18.2 Å². The van der Waals surface area contributed by atoms with E-state index in [1.807, 2.05) is 0 Å². The molecule has 0 aromatic heterocycles. The standard InChI is InChI=1S/C10H11Cl2NO/c1-6(14)10(12)8-2-7(5-11)3-9(13)4-8/h2-4,10H,5,13H2,1H3. The Balaban J connectivity index is 3.08. The van der Waals surface area contributed by atoms with Crippen molar-refractivity contribution in [2.45, 2.75) is 18.2 Å². The molecular weight excluding hydrogens is 221 g/mol. The lowest BCUT2D eigenvalue weighted by atomic mass is 10.1. The fraction of sp³-hybridized carbons (Fsp3) is 0.300. The van der Waals surface area contributed by atoms with Crippen molar-refractivity contribution in [3.05, 3.63) is 29.3 Å². The summed E-state index contributed by atoms with van der Waals surface area (Å²) in [5.41, 5.74) is 7.79. The summed E-state index contributed by atoms with van der Waals surface area (Å²) in [6, 6.07) is 5.25. The van der Waals surface area contributed by atoms with Gasteiger partial charge in [-0.25, -0.2) is 0 Å². The highest BCUT2D eigenvalue weighted by molar-refractivity contribution is 6.30. The molecule has 2 N–H and O–H groups in total. The zero-order chi connectivity index (χ0) is 10.7. The van der Waals surface area contributed by atoms with Crippen LogP contribution in [0.3, 0.4) is 0 Å². The van der Waals surface area contributed by atoms with Gasteiger partial charge in [0, 0.05) is 11.6 Å². The molecule has 0 aliphatic rings. The van der Waals surface area contributed by atoms with Gasteiger partial charge in [-0.2, -0.15) is 0 Å². The summed E-state index contributed by atoms with van der Waals surface area (Å²) in [4.78, 5) is 11.0. The van der Waals surface area contributed by atoms with Crippen molar-refractivity contribution in [3.63, 3.8) is 0 Å². The average molecular weight is 232 g/mol. The van der Waals surface area contributed by atoms with Gasteiger partial charge in [-0.1, -0.05) is 6.07 Å². The van der Waals surface area contributed by atoms with E-state index in [1.165, 1.54) is 6.92 Å². The molecule has 0 amide bonds. The molecule has 1 unspecified atom stereocenters. The van der Waals surface area contributed by atoms with E-state index in [0.717, 1.165) is 5.56 Å². The fourth-order valence-corrected chi connectivity index (χ4v) is 1.48. The summed E-state index contributed by atoms with van der Waals surface area (Å²) < 4.78 is 0. The third kappa shape index (κ3) is 2.63. The Bertz CT molecular complexity index is 352. The van der Waals surface area contributed by atoms with Crippen LogP contribution in [-0.4, -0.2) is 5.78 Å². The highest BCUT2D eigenvalue weighted by atomic mass is 35.5. The molecule has 2 nitrogen and oxygen atoms in total. The van der Waals surface area contributed by atoms with E-state index in [2.05, 4.69) is 0 Å². The number of carbonyl (C=O) groups is 1. The minimum atomic E-state index is -0.638. The maximum Gasteiger partial charge on any atom is 0.152 e. The zero-order valence-corrected chi connectivity index (χ0v) is 9.27. The van der Waals surface area contributed by atoms with Gasteiger partial charge in [0.25, 0.3) is 0 Å². The summed E-state index contributed by atoms with van der Waals surface area (Å²) in [5, 5.41) is -0.638. The molecule has 0 aliphatic heterocycles. The molecule has 1 atom stereocenters. The third-order valence-corrected chi connectivity index (χ3v) is 2.71. The predicted octanol–water partition coefficient (Wildman–Crippen LogP) is 2.88. The normalized spacial score (nSPS) is 12.5. The molecule has 0 radical (unpaired) electrons. The molecule has 0 aliphatic carbocycles. The van der Waals surface area contributed by atoms with Crippen molar-refractivity contribution in [2.24, 2.45) is 0 Å². The number of nitrogens with two attached hydrogens (primary N) is 1. The molecule has 0 spiro atoms. The number of ketones is 1. The number of hydrogen-bond donors (Lipinski definition) is 1. The van der Waals surface area contributed by atoms with Crippen molar-refractivity contribution in [3.8, 4) is 0 Å². The van der Waals surface area contributed by atoms with Crippen molar-refractivity contribution in [1.82, 2.24) is 0 Å². The van der Waals surface area contributed by atoms with Crippen LogP contribution in [0.2, 0.25) is 0 Å². The van der Waals surface area contributed by atoms with Crippen LogP contribution in [0.25, 0.3) is 0 Å². The van der Waals surface area contributed by atoms with Crippen molar-refractivity contribution in [1.29, 1.82) is 0 Å². The van der Waals surface area contributed by atoms with Gasteiger partial charge in [0.05, 0.1) is 0 Å². The number of carbonyl (C=O) groups excluding carboxylic acids is 1. The van der Waals surface area contributed by atoms with Crippen LogP contribution in [0, 0.1) is 0 Å². The molecule has 4 heteroatoms. The SMILES string of the molecule is CC(=O)C(Cl)c1cc(N)cc(CCl)c1. The van der Waals surface area contributed by atoms with E-state index in [4.69, 9.17) is 28.9 Å². The van der Waals surface area contributed by atoms with E-state index < -0.39 is 5.38 Å². The van der Waals surface area contributed by atoms with Crippen LogP contribution in [0.5, 0.6) is 0 Å². The number of halogens is 2. The highest BCUT2D eigenvalue weighted by Crippen LogP contribution is 2.25. The Morgan fingerprint density at radius 3 is 2.64 bits per heavy atom. The number of Topliss-reactive ketones (excluding diaryl/α,β-unsaturated/α-hetero) is 1. The lowest BCUT2D eigenvalue weighted by molar-refractivity contribution is -0.116. The fourth-order valence-electron chi connectivity index (χ4n) is 1.20. The van der Waals surface area contributed by atoms with Crippen LogP contribution in [-0.2, 0) is 10.7 Å². The molecule has 14 heavy (non-hydrogen) atoms. The molecular formula is C10H11Cl2NO. The molecule has 1 aromatic carbocycles. The second kappa shape index (κ2) is 4.67. The Hall–Kier alpha value is -0.730. The van der Waals surface area contributed by atoms with E-state index in [0.29, 0.717) is 17.1 Å². The summed E-state index contributed by atoms with van der Waals surface area (Å²) in [5.74, 6) is 0.261. The molecule has 0 saturated carbocycles. The maximum absolute atomic E-state index is 11.0. The van der Waals surface area contributed by atoms with Gasteiger partial charge in [0.1, 0.15) is 5.38 Å². The first-order valence-corrected chi connectivity index (χ1v) is 5.11. The molecule has 0 fully saturated rings. The van der Waals surface area contributed by atoms with Gasteiger partial charge >= 0.3 is 0 Å². The van der Waals surface area contributed by atoms with Crippen molar-refractivity contribution < 1.29 is 4.79 Å². The molecule has 0 saturated heterocycles. The Morgan fingerprint density at radius 1 is 1.50 bits per heavy atom. The molecule has 1 aromatic rings. The average Bonchev–Trinajstić information content (AvgIpc) is 2.15. The first-order valence-electron chi connectivity index (χ1n) is 4.14. The quantitative estimate of drug-likeness (QED) is 0.643. The Kier molecular flexibility index (Phi) is 3.78. The van der Waals surface area contributed by atoms with Gasteiger partial charge in [-0.15, -0.1) is 23.2 Å². The van der Waals surface area contributed by atoms with Gasteiger partial charge < -0.3 is 5.73 Å². The van der Waals surface area contributed by atoms with Gasteiger partial charge in [-0.05, 0) is 30.2 Å². The predicted molar refractivity (Wildman–Crippen MR) is 59.7 cm³/mol. The number of benzene rings is 1. The summed E-state index contributed by atoms with van der Waals surface area (Å²) >= 11 is 11.6. The second-order valence-electron chi connectivity index (χ2n) is 3.11. The topological polar surface area (TPSA) is 43.1 Å². The molecule has 0 heterocycles. The maximum atomic E-state index is 11.0. The number of nitrogen functional groups attached to an aromatic ring is 1. The third-order valence-electron chi connectivity index (χ3n) is 1.84. The van der Waals surface area contributed by atoms with E-state index >= 15 is 0 Å². The summed E-state index contributed by atoms with van der Waals surface area (Å²) in [6.45, 7) is 1.45. The summed E-state index contributed by atoms with van der Waals surface area (Å²) in [6.07, 6.45) is 0. The first-order chi connectivity index (χ1) is 6.54. The smallest absolute Gasteiger partial charge is 0.152 e. The minimum absolute atomic E-state index is 0.0993. The van der Waals surface area contributed by atoms with Crippen LogP contribution in [0.4, 0.5) is 5.69 Å². The Labute approximate surface area is 93.0 Å². The second-order valence-corrected chi connectivity index (χ2v) is 3.82. The minimum Gasteiger partial charge on any atom is -0.399 e. The lowest BCUT2D eigenvalue weighted by Crippen LogP contribution is -2.03. The van der Waals surface area contributed by atoms with E-state index in [-0.39, 0.29) is 5.78 Å². The van der Waals surface area contributed by atoms with Gasteiger partial charge in [0.2, 0.25) is 0 Å². The number of alkyl halides is 2. The van der Waals surface area contributed by atoms with Crippen molar-refractivity contribution in [2.75, 3.05) is 5.73 Å². The lowest BCUT2D eigenvalue weighted by Gasteiger charge is -2.08. The molecule has 76 valence electrons. The monoisotopic (exact) mass is 231 g/mol. The number of anilines is 1. The number of hydrogen-bond acceptors (Lipinski definition) is 2. The first kappa shape index (κ1) is 11.3. The largest absolute Gasteiger partial charge is 0.399 e. The van der Waals surface area contributed by atoms with Crippen LogP contribution in [0.1, 0.15) is 23.4 Å². The van der Waals surface area contributed by atoms with Crippen LogP contribution < -0.4 is 5.73 Å². The summed E-state index contributed by atoms with van der Waals surface area (Å²) in [7, 11) is 0. The van der Waals surface area contributed by atoms with E-state index in [9.17, 15) is 4.79 Å². The Morgan fingerprint density at radius 2 is 2.14 bits per heavy atom. The zero-order valence-electron chi connectivity index (χ0n) is 7.76. The molecule has 1 rings (SSSR count).